The number of nitrogens with two attached hydrogens (primary N) is 2. The fraction of sp³-hybridized carbons (Fsp3) is 0.391. The first kappa shape index (κ1) is 30.8. The minimum absolute atomic E-state index is 0.116. The van der Waals surface area contributed by atoms with Crippen LogP contribution in [0.2, 0.25) is 0 Å². The van der Waals surface area contributed by atoms with Gasteiger partial charge in [0.1, 0.15) is 41.9 Å². The van der Waals surface area contributed by atoms with Gasteiger partial charge in [-0.1, -0.05) is 30.1 Å². The van der Waals surface area contributed by atoms with Gasteiger partial charge in [0.15, 0.2) is 17.7 Å². The number of hydrogen-bond acceptors (Lipinski definition) is 14. The predicted octanol–water partition coefficient (Wildman–Crippen LogP) is 1.92. The highest BCUT2D eigenvalue weighted by Gasteiger charge is 2.43. The van der Waals surface area contributed by atoms with Crippen molar-refractivity contribution in [3.63, 3.8) is 0 Å². The average molecular weight is 668 g/mol. The number of carbonyl (C=O) groups excluding carboxylic acids is 1. The molecule has 0 radical (unpaired) electrons. The van der Waals surface area contributed by atoms with E-state index in [1.54, 1.807) is 22.8 Å². The van der Waals surface area contributed by atoms with E-state index in [4.69, 9.17) is 34.5 Å². The Kier molecular flexibility index (Phi) is 8.58. The van der Waals surface area contributed by atoms with Crippen LogP contribution in [0.15, 0.2) is 43.0 Å². The molecule has 0 aliphatic carbocycles. The number of fused-ring (bicyclic) bond motifs is 2. The first-order valence-electron chi connectivity index (χ1n) is 13.1. The van der Waals surface area contributed by atoms with Gasteiger partial charge in [-0.25, -0.2) is 24.2 Å². The Morgan fingerprint density at radius 2 is 2.05 bits per heavy atom. The Hall–Kier alpha value is -3.25. The Morgan fingerprint density at radius 3 is 2.82 bits per heavy atom. The van der Waals surface area contributed by atoms with Gasteiger partial charge in [0.2, 0.25) is 0 Å². The monoisotopic (exact) mass is 667 g/mol. The molecule has 7 atom stereocenters. The molecule has 2 aliphatic heterocycles. The van der Waals surface area contributed by atoms with Crippen molar-refractivity contribution in [3.8, 4) is 0 Å². The summed E-state index contributed by atoms with van der Waals surface area (Å²) < 4.78 is 56.0. The van der Waals surface area contributed by atoms with E-state index < -0.39 is 51.7 Å². The van der Waals surface area contributed by atoms with Gasteiger partial charge < -0.3 is 30.4 Å². The molecule has 0 spiro atoms. The normalized spacial score (nSPS) is 26.0. The smallest absolute Gasteiger partial charge is 0.382 e. The van der Waals surface area contributed by atoms with Crippen LogP contribution in [-0.2, 0) is 32.2 Å². The number of carbonyl (C=O) groups is 1. The van der Waals surface area contributed by atoms with Crippen molar-refractivity contribution in [2.45, 2.75) is 43.6 Å². The third-order valence-electron chi connectivity index (χ3n) is 7.16. The zero-order valence-corrected chi connectivity index (χ0v) is 25.5. The highest BCUT2D eigenvalue weighted by atomic mass is 32.7. The van der Waals surface area contributed by atoms with Crippen LogP contribution in [0.3, 0.4) is 0 Å². The summed E-state index contributed by atoms with van der Waals surface area (Å²) >= 11 is 4.15. The maximum atomic E-state index is 13.4. The lowest BCUT2D eigenvalue weighted by molar-refractivity contribution is -0.0384. The maximum Gasteiger partial charge on any atom is 0.386 e. The molecule has 234 valence electrons. The number of rotatable bonds is 11. The third-order valence-corrected chi connectivity index (χ3v) is 9.22. The average Bonchev–Trinajstić information content (AvgIpc) is 3.75. The van der Waals surface area contributed by atoms with Gasteiger partial charge in [-0.05, 0) is 17.7 Å². The van der Waals surface area contributed by atoms with Crippen LogP contribution < -0.4 is 11.5 Å². The Balaban J connectivity index is 1.12. The molecule has 2 aliphatic rings. The van der Waals surface area contributed by atoms with Crippen molar-refractivity contribution in [1.29, 1.82) is 0 Å². The van der Waals surface area contributed by atoms with Crippen LogP contribution in [0, 0.1) is 0 Å². The van der Waals surface area contributed by atoms with Crippen molar-refractivity contribution >= 4 is 61.2 Å². The molecule has 44 heavy (non-hydrogen) atoms. The van der Waals surface area contributed by atoms with Crippen LogP contribution in [0.1, 0.15) is 35.7 Å². The van der Waals surface area contributed by atoms with E-state index in [2.05, 4.69) is 44.1 Å². The zero-order valence-electron chi connectivity index (χ0n) is 22.7. The summed E-state index contributed by atoms with van der Waals surface area (Å²) in [4.78, 5) is 33.3. The van der Waals surface area contributed by atoms with Crippen molar-refractivity contribution < 1.29 is 41.9 Å². The highest BCUT2D eigenvalue weighted by Crippen LogP contribution is 2.56. The van der Waals surface area contributed by atoms with E-state index in [0.29, 0.717) is 34.2 Å². The summed E-state index contributed by atoms with van der Waals surface area (Å²) in [5.74, 6) is -0.456. The molecule has 2 fully saturated rings. The van der Waals surface area contributed by atoms with Gasteiger partial charge in [0.25, 0.3) is 5.91 Å². The SMILES string of the molecule is C=C1C[C@H](n2nnc3c(C(N)=O)cccc32)O[C@@H]1COP(=O)(S)O[C@H]1C[C@H](n2cnc3c(N)ncnc32)O[C@@H]1CO[PH](=O)O. The fourth-order valence-corrected chi connectivity index (χ4v) is 6.91. The first-order chi connectivity index (χ1) is 21.0. The van der Waals surface area contributed by atoms with Crippen LogP contribution in [-0.4, -0.2) is 76.8 Å². The number of anilines is 1. The molecule has 6 rings (SSSR count). The number of primary amides is 1. The quantitative estimate of drug-likeness (QED) is 0.101. The van der Waals surface area contributed by atoms with E-state index >= 15 is 0 Å². The minimum atomic E-state index is -4.05. The van der Waals surface area contributed by atoms with E-state index in [1.807, 2.05) is 0 Å². The molecule has 1 amide bonds. The molecule has 0 saturated carbocycles. The highest BCUT2D eigenvalue weighted by molar-refractivity contribution is 8.44. The second-order valence-electron chi connectivity index (χ2n) is 9.95. The van der Waals surface area contributed by atoms with E-state index in [9.17, 15) is 18.8 Å². The number of ether oxygens (including phenoxy) is 2. The number of thiol groups is 1. The Bertz CT molecular complexity index is 1820. The molecule has 5 heterocycles. The standard InChI is InChI=1S/C23H27N9O9P2S/c1-11-5-18(32-13-4-2-3-12(22(25)33)19(13)29-30-32)39-15(11)8-38-43(36,44)41-14-6-17(40-16(14)7-37-42(34)35)31-10-28-20-21(24)26-9-27-23(20)31/h2-4,9-10,14-18,42H,1,5-8H2,(H2,25,33)(H,34,35)(H,36,44)(H2,24,26,27)/t14-,15+,16+,17+,18+,43?/m0/s1. The third kappa shape index (κ3) is 6.15. The first-order valence-corrected chi connectivity index (χ1v) is 17.0. The molecule has 5 N–H and O–H groups in total. The summed E-state index contributed by atoms with van der Waals surface area (Å²) in [6.45, 7) is -0.570. The fourth-order valence-electron chi connectivity index (χ4n) is 5.09. The second kappa shape index (κ2) is 12.3. The Morgan fingerprint density at radius 1 is 1.23 bits per heavy atom. The molecule has 21 heteroatoms. The minimum Gasteiger partial charge on any atom is -0.382 e. The molecular weight excluding hydrogens is 640 g/mol. The number of imidazole rings is 1. The Labute approximate surface area is 254 Å². The predicted molar refractivity (Wildman–Crippen MR) is 157 cm³/mol. The van der Waals surface area contributed by atoms with Gasteiger partial charge in [0.05, 0.1) is 30.6 Å². The molecule has 0 bridgehead atoms. The molecule has 3 aromatic heterocycles. The van der Waals surface area contributed by atoms with Crippen LogP contribution in [0.4, 0.5) is 5.82 Å². The summed E-state index contributed by atoms with van der Waals surface area (Å²) in [7, 11) is -3.29. The van der Waals surface area contributed by atoms with Gasteiger partial charge in [-0.3, -0.25) is 23.0 Å². The molecule has 2 saturated heterocycles. The molecule has 2 unspecified atom stereocenters. The van der Waals surface area contributed by atoms with Gasteiger partial charge in [-0.2, -0.15) is 0 Å². The largest absolute Gasteiger partial charge is 0.386 e. The van der Waals surface area contributed by atoms with Gasteiger partial charge >= 0.3 is 15.1 Å². The lowest BCUT2D eigenvalue weighted by Gasteiger charge is -2.22. The number of benzene rings is 1. The van der Waals surface area contributed by atoms with Crippen LogP contribution in [0.5, 0.6) is 0 Å². The van der Waals surface area contributed by atoms with Gasteiger partial charge in [0, 0.05) is 12.8 Å². The summed E-state index contributed by atoms with van der Waals surface area (Å²) in [6, 6.07) is 4.95. The van der Waals surface area contributed by atoms with Crippen molar-refractivity contribution in [1.82, 2.24) is 34.5 Å². The number of hydrogen-bond donors (Lipinski definition) is 4. The molecule has 1 aromatic carbocycles. The van der Waals surface area contributed by atoms with Crippen LogP contribution >= 0.6 is 27.3 Å². The molecule has 4 aromatic rings. The van der Waals surface area contributed by atoms with Gasteiger partial charge in [-0.15, -0.1) is 5.10 Å². The number of amides is 1. The summed E-state index contributed by atoms with van der Waals surface area (Å²) in [5.41, 5.74) is 13.8. The topological polar surface area (TPSA) is 244 Å². The maximum absolute atomic E-state index is 13.4. The number of nitrogens with zero attached hydrogens (tertiary/aromatic N) is 7. The number of aromatic nitrogens is 7. The van der Waals surface area contributed by atoms with Crippen molar-refractivity contribution in [3.05, 3.63) is 48.6 Å². The van der Waals surface area contributed by atoms with E-state index in [0.717, 1.165) is 0 Å². The summed E-state index contributed by atoms with van der Waals surface area (Å²) in [5, 5.41) is 8.20. The lowest BCUT2D eigenvalue weighted by Crippen LogP contribution is -2.28. The van der Waals surface area contributed by atoms with Crippen molar-refractivity contribution in [2.75, 3.05) is 18.9 Å². The summed E-state index contributed by atoms with van der Waals surface area (Å²) in [6.07, 6.45) is -0.706. The molecular formula is C23H27N9O9P2S. The van der Waals surface area contributed by atoms with Crippen LogP contribution in [0.25, 0.3) is 22.2 Å². The zero-order chi connectivity index (χ0) is 31.2. The second-order valence-corrected chi connectivity index (χ2v) is 13.6. The van der Waals surface area contributed by atoms with E-state index in [-0.39, 0.29) is 31.0 Å². The van der Waals surface area contributed by atoms with Crippen molar-refractivity contribution in [2.24, 2.45) is 5.73 Å². The molecule has 18 nitrogen and oxygen atoms in total. The van der Waals surface area contributed by atoms with E-state index in [1.165, 1.54) is 17.3 Å². The number of nitrogen functional groups attached to an aromatic ring is 1. The lowest BCUT2D eigenvalue weighted by atomic mass is 10.1.